The zero-order valence-corrected chi connectivity index (χ0v) is 12.6. The molecule has 3 heteroatoms. The summed E-state index contributed by atoms with van der Waals surface area (Å²) in [5, 5.41) is 0. The molecule has 0 saturated heterocycles. The topological polar surface area (TPSA) is 50.9 Å². The predicted octanol–water partition coefficient (Wildman–Crippen LogP) is 3.28. The number of nitrogens with zero attached hydrogens (tertiary/aromatic N) is 1. The first kappa shape index (κ1) is 14.5. The molecule has 1 aromatic rings. The maximum Gasteiger partial charge on any atom is 0.0663 e. The first-order valence-electron chi connectivity index (χ1n) is 7.40. The molecular weight excluding hydrogens is 234 g/mol. The third-order valence-electron chi connectivity index (χ3n) is 4.42. The van der Waals surface area contributed by atoms with Crippen LogP contribution in [0.15, 0.2) is 12.3 Å². The van der Waals surface area contributed by atoms with Gasteiger partial charge in [-0.25, -0.2) is 0 Å². The number of hydrogen-bond acceptors (Lipinski definition) is 3. The van der Waals surface area contributed by atoms with Gasteiger partial charge in [0.15, 0.2) is 0 Å². The van der Waals surface area contributed by atoms with Gasteiger partial charge in [0.1, 0.15) is 0 Å². The third-order valence-corrected chi connectivity index (χ3v) is 4.42. The lowest BCUT2D eigenvalue weighted by molar-refractivity contribution is 0.174. The van der Waals surface area contributed by atoms with E-state index in [1.807, 2.05) is 6.20 Å². The number of aryl methyl sites for hydroxylation is 2. The first-order chi connectivity index (χ1) is 9.01. The molecule has 3 nitrogen and oxygen atoms in total. The van der Waals surface area contributed by atoms with Crippen LogP contribution in [0.1, 0.15) is 56.0 Å². The number of hydrazine groups is 1. The summed E-state index contributed by atoms with van der Waals surface area (Å²) in [5.74, 6) is 8.01. The molecule has 1 saturated carbocycles. The van der Waals surface area contributed by atoms with Gasteiger partial charge >= 0.3 is 0 Å². The highest BCUT2D eigenvalue weighted by molar-refractivity contribution is 5.26. The summed E-state index contributed by atoms with van der Waals surface area (Å²) < 4.78 is 0. The summed E-state index contributed by atoms with van der Waals surface area (Å²) in [6.45, 7) is 8.92. The van der Waals surface area contributed by atoms with Crippen molar-refractivity contribution in [3.05, 3.63) is 29.1 Å². The highest BCUT2D eigenvalue weighted by atomic mass is 15.2. The van der Waals surface area contributed by atoms with Crippen LogP contribution in [-0.4, -0.2) is 4.98 Å². The molecule has 0 bridgehead atoms. The van der Waals surface area contributed by atoms with Crippen LogP contribution >= 0.6 is 0 Å². The number of pyridine rings is 1. The zero-order chi connectivity index (χ0) is 14.0. The van der Waals surface area contributed by atoms with E-state index < -0.39 is 0 Å². The van der Waals surface area contributed by atoms with Gasteiger partial charge in [-0.2, -0.15) is 0 Å². The van der Waals surface area contributed by atoms with Crippen LogP contribution in [0.3, 0.4) is 0 Å². The molecule has 3 unspecified atom stereocenters. The van der Waals surface area contributed by atoms with Crippen LogP contribution in [0.25, 0.3) is 0 Å². The average molecular weight is 261 g/mol. The van der Waals surface area contributed by atoms with E-state index in [1.54, 1.807) is 0 Å². The third kappa shape index (κ3) is 3.34. The van der Waals surface area contributed by atoms with Crippen LogP contribution in [0, 0.1) is 31.6 Å². The van der Waals surface area contributed by atoms with Gasteiger partial charge in [-0.3, -0.25) is 16.3 Å². The van der Waals surface area contributed by atoms with Crippen molar-refractivity contribution in [1.82, 2.24) is 10.4 Å². The van der Waals surface area contributed by atoms with E-state index in [4.69, 9.17) is 5.84 Å². The van der Waals surface area contributed by atoms with Crippen LogP contribution in [-0.2, 0) is 0 Å². The molecule has 1 aliphatic rings. The van der Waals surface area contributed by atoms with Gasteiger partial charge < -0.3 is 0 Å². The second-order valence-electron chi connectivity index (χ2n) is 6.54. The Balaban J connectivity index is 2.23. The van der Waals surface area contributed by atoms with Crippen molar-refractivity contribution in [2.45, 2.75) is 53.0 Å². The quantitative estimate of drug-likeness (QED) is 0.648. The number of nitrogens with one attached hydrogen (secondary N) is 1. The van der Waals surface area contributed by atoms with E-state index in [-0.39, 0.29) is 6.04 Å². The minimum atomic E-state index is 0.186. The molecule has 0 spiro atoms. The van der Waals surface area contributed by atoms with Crippen LogP contribution < -0.4 is 11.3 Å². The Morgan fingerprint density at radius 2 is 1.84 bits per heavy atom. The fourth-order valence-corrected chi connectivity index (χ4v) is 3.77. The van der Waals surface area contributed by atoms with Gasteiger partial charge in [-0.1, -0.05) is 19.9 Å². The number of nitrogens with two attached hydrogens (primary N) is 1. The summed E-state index contributed by atoms with van der Waals surface area (Å²) in [4.78, 5) is 4.63. The largest absolute Gasteiger partial charge is 0.271 e. The Labute approximate surface area is 117 Å². The zero-order valence-electron chi connectivity index (χ0n) is 12.6. The maximum atomic E-state index is 5.84. The number of hydrogen-bond donors (Lipinski definition) is 2. The van der Waals surface area contributed by atoms with Crippen molar-refractivity contribution in [1.29, 1.82) is 0 Å². The molecule has 3 atom stereocenters. The Morgan fingerprint density at radius 3 is 2.37 bits per heavy atom. The normalized spacial score (nSPS) is 29.2. The van der Waals surface area contributed by atoms with E-state index in [1.165, 1.54) is 30.4 Å². The molecule has 106 valence electrons. The summed E-state index contributed by atoms with van der Waals surface area (Å²) in [6.07, 6.45) is 5.78. The van der Waals surface area contributed by atoms with E-state index >= 15 is 0 Å². The fourth-order valence-electron chi connectivity index (χ4n) is 3.77. The average Bonchev–Trinajstić information content (AvgIpc) is 2.31. The van der Waals surface area contributed by atoms with Gasteiger partial charge in [-0.05, 0) is 62.0 Å². The predicted molar refractivity (Wildman–Crippen MR) is 79.4 cm³/mol. The van der Waals surface area contributed by atoms with Crippen LogP contribution in [0.2, 0.25) is 0 Å². The van der Waals surface area contributed by atoms with E-state index in [9.17, 15) is 0 Å². The van der Waals surface area contributed by atoms with Crippen molar-refractivity contribution in [3.63, 3.8) is 0 Å². The molecule has 19 heavy (non-hydrogen) atoms. The van der Waals surface area contributed by atoms with Crippen molar-refractivity contribution >= 4 is 0 Å². The van der Waals surface area contributed by atoms with Gasteiger partial charge in [0.2, 0.25) is 0 Å². The number of rotatable bonds is 3. The fraction of sp³-hybridized carbons (Fsp3) is 0.688. The molecule has 0 aromatic carbocycles. The molecule has 1 heterocycles. The molecular formula is C16H27N3. The minimum absolute atomic E-state index is 0.186. The summed E-state index contributed by atoms with van der Waals surface area (Å²) in [7, 11) is 0. The van der Waals surface area contributed by atoms with Crippen molar-refractivity contribution in [3.8, 4) is 0 Å². The Kier molecular flexibility index (Phi) is 4.58. The van der Waals surface area contributed by atoms with Gasteiger partial charge in [0, 0.05) is 6.20 Å². The Bertz CT molecular complexity index is 420. The smallest absolute Gasteiger partial charge is 0.0663 e. The lowest BCUT2D eigenvalue weighted by Crippen LogP contribution is -2.37. The van der Waals surface area contributed by atoms with E-state index in [0.717, 1.165) is 17.5 Å². The molecule has 0 aliphatic heterocycles. The first-order valence-corrected chi connectivity index (χ1v) is 7.40. The van der Waals surface area contributed by atoms with Crippen LogP contribution in [0.4, 0.5) is 0 Å². The molecule has 2 rings (SSSR count). The summed E-state index contributed by atoms with van der Waals surface area (Å²) in [6, 6.07) is 2.38. The highest BCUT2D eigenvalue weighted by Gasteiger charge is 2.31. The Morgan fingerprint density at radius 1 is 1.21 bits per heavy atom. The molecule has 1 aromatic heterocycles. The second-order valence-corrected chi connectivity index (χ2v) is 6.54. The summed E-state index contributed by atoms with van der Waals surface area (Å²) >= 11 is 0. The number of aromatic nitrogens is 1. The monoisotopic (exact) mass is 261 g/mol. The Hall–Kier alpha value is -0.930. The molecule has 1 fully saturated rings. The van der Waals surface area contributed by atoms with E-state index in [0.29, 0.717) is 5.92 Å². The lowest BCUT2D eigenvalue weighted by Gasteiger charge is -2.36. The molecule has 1 aliphatic carbocycles. The SMILES string of the molecule is Cc1cnc(C(NN)C2CC(C)CC(C)C2)c(C)c1. The maximum absolute atomic E-state index is 5.84. The lowest BCUT2D eigenvalue weighted by atomic mass is 9.73. The molecule has 0 radical (unpaired) electrons. The second kappa shape index (κ2) is 6.02. The minimum Gasteiger partial charge on any atom is -0.271 e. The molecule has 3 N–H and O–H groups in total. The standard InChI is InChI=1S/C16H27N3/c1-10-5-11(2)8-14(7-10)16(19-17)15-13(4)6-12(3)9-18-15/h6,9-11,14,16,19H,5,7-8,17H2,1-4H3. The van der Waals surface area contributed by atoms with Crippen molar-refractivity contribution in [2.75, 3.05) is 0 Å². The van der Waals surface area contributed by atoms with Gasteiger partial charge in [-0.15, -0.1) is 0 Å². The van der Waals surface area contributed by atoms with Crippen molar-refractivity contribution in [2.24, 2.45) is 23.6 Å². The highest BCUT2D eigenvalue weighted by Crippen LogP contribution is 2.39. The summed E-state index contributed by atoms with van der Waals surface area (Å²) in [5.41, 5.74) is 6.61. The van der Waals surface area contributed by atoms with Gasteiger partial charge in [0.25, 0.3) is 0 Å². The van der Waals surface area contributed by atoms with Crippen molar-refractivity contribution < 1.29 is 0 Å². The molecule has 0 amide bonds. The van der Waals surface area contributed by atoms with E-state index in [2.05, 4.69) is 44.2 Å². The van der Waals surface area contributed by atoms with Gasteiger partial charge in [0.05, 0.1) is 11.7 Å². The van der Waals surface area contributed by atoms with Crippen LogP contribution in [0.5, 0.6) is 0 Å².